The average molecular weight is 267 g/mol. The van der Waals surface area contributed by atoms with Crippen LogP contribution >= 0.6 is 0 Å². The third-order valence-electron chi connectivity index (χ3n) is 5.03. The predicted octanol–water partition coefficient (Wildman–Crippen LogP) is 1.50. The van der Waals surface area contributed by atoms with Crippen LogP contribution in [0.2, 0.25) is 0 Å². The highest BCUT2D eigenvalue weighted by molar-refractivity contribution is 5.83. The van der Waals surface area contributed by atoms with Gasteiger partial charge in [0.1, 0.15) is 0 Å². The molecule has 1 saturated heterocycles. The van der Waals surface area contributed by atoms with Crippen molar-refractivity contribution in [3.63, 3.8) is 0 Å². The summed E-state index contributed by atoms with van der Waals surface area (Å²) < 4.78 is 0. The Bertz CT molecular complexity index is 296. The quantitative estimate of drug-likeness (QED) is 0.717. The number of rotatable bonds is 6. The van der Waals surface area contributed by atoms with Gasteiger partial charge in [-0.3, -0.25) is 4.79 Å². The van der Waals surface area contributed by atoms with E-state index in [0.717, 1.165) is 38.8 Å². The van der Waals surface area contributed by atoms with E-state index in [4.69, 9.17) is 5.73 Å². The van der Waals surface area contributed by atoms with Crippen LogP contribution in [-0.4, -0.2) is 43.0 Å². The smallest absolute Gasteiger partial charge is 0.227 e. The molecule has 0 aromatic carbocycles. The topological polar surface area (TPSA) is 58.4 Å². The van der Waals surface area contributed by atoms with Gasteiger partial charge in [-0.15, -0.1) is 0 Å². The lowest BCUT2D eigenvalue weighted by molar-refractivity contribution is -0.135. The predicted molar refractivity (Wildman–Crippen MR) is 77.9 cm³/mol. The lowest BCUT2D eigenvalue weighted by Gasteiger charge is -2.39. The largest absolute Gasteiger partial charge is 0.356 e. The normalized spacial score (nSPS) is 26.7. The van der Waals surface area contributed by atoms with Crippen LogP contribution in [0.15, 0.2) is 0 Å². The molecule has 2 fully saturated rings. The fourth-order valence-electron chi connectivity index (χ4n) is 3.29. The maximum atomic E-state index is 12.1. The Kier molecular flexibility index (Phi) is 5.22. The molecule has 4 heteroatoms. The number of nitrogens with zero attached hydrogens (tertiary/aromatic N) is 1. The number of hydrogen-bond donors (Lipinski definition) is 2. The minimum atomic E-state index is -0.224. The van der Waals surface area contributed by atoms with E-state index in [1.165, 1.54) is 25.8 Å². The number of amides is 1. The van der Waals surface area contributed by atoms with Crippen molar-refractivity contribution in [2.75, 3.05) is 26.2 Å². The van der Waals surface area contributed by atoms with E-state index in [2.05, 4.69) is 17.1 Å². The molecule has 4 nitrogen and oxygen atoms in total. The Morgan fingerprint density at radius 2 is 2.16 bits per heavy atom. The molecule has 1 amide bonds. The third kappa shape index (κ3) is 3.48. The minimum absolute atomic E-state index is 0.188. The first-order chi connectivity index (χ1) is 9.18. The molecule has 1 unspecified atom stereocenters. The maximum absolute atomic E-state index is 12.1. The van der Waals surface area contributed by atoms with Crippen molar-refractivity contribution in [2.45, 2.75) is 57.9 Å². The van der Waals surface area contributed by atoms with Gasteiger partial charge in [0.25, 0.3) is 0 Å². The highest BCUT2D eigenvalue weighted by Gasteiger charge is 2.42. The highest BCUT2D eigenvalue weighted by Crippen LogP contribution is 2.39. The van der Waals surface area contributed by atoms with E-state index in [0.29, 0.717) is 12.6 Å². The number of carbonyl (C=O) groups is 1. The molecule has 0 aromatic heterocycles. The number of nitrogens with two attached hydrogens (primary N) is 1. The van der Waals surface area contributed by atoms with Gasteiger partial charge in [-0.05, 0) is 45.6 Å². The van der Waals surface area contributed by atoms with Crippen LogP contribution in [0.1, 0.15) is 51.9 Å². The van der Waals surface area contributed by atoms with E-state index in [1.807, 2.05) is 0 Å². The summed E-state index contributed by atoms with van der Waals surface area (Å²) in [5.41, 5.74) is 5.52. The highest BCUT2D eigenvalue weighted by atomic mass is 16.2. The van der Waals surface area contributed by atoms with Crippen LogP contribution in [0.25, 0.3) is 0 Å². The lowest BCUT2D eigenvalue weighted by Crippen LogP contribution is -2.50. The maximum Gasteiger partial charge on any atom is 0.227 e. The van der Waals surface area contributed by atoms with Crippen LogP contribution in [0.3, 0.4) is 0 Å². The van der Waals surface area contributed by atoms with Gasteiger partial charge in [-0.1, -0.05) is 12.8 Å². The van der Waals surface area contributed by atoms with E-state index >= 15 is 0 Å². The summed E-state index contributed by atoms with van der Waals surface area (Å²) in [6.45, 7) is 5.94. The molecular formula is C15H29N3O. The number of nitrogens with one attached hydrogen (secondary N) is 1. The number of hydrogen-bond acceptors (Lipinski definition) is 3. The van der Waals surface area contributed by atoms with Crippen molar-refractivity contribution in [1.82, 2.24) is 10.2 Å². The van der Waals surface area contributed by atoms with Crippen molar-refractivity contribution in [3.8, 4) is 0 Å². The zero-order chi connectivity index (χ0) is 13.7. The second kappa shape index (κ2) is 6.71. The van der Waals surface area contributed by atoms with Gasteiger partial charge in [-0.2, -0.15) is 0 Å². The van der Waals surface area contributed by atoms with Crippen LogP contribution in [0.5, 0.6) is 0 Å². The molecule has 1 aliphatic carbocycles. The zero-order valence-electron chi connectivity index (χ0n) is 12.3. The first kappa shape index (κ1) is 14.8. The van der Waals surface area contributed by atoms with Gasteiger partial charge < -0.3 is 16.0 Å². The Hall–Kier alpha value is -0.610. The van der Waals surface area contributed by atoms with Crippen molar-refractivity contribution in [3.05, 3.63) is 0 Å². The summed E-state index contributed by atoms with van der Waals surface area (Å²) in [7, 11) is 0. The molecule has 2 rings (SSSR count). The molecule has 2 aliphatic rings. The molecule has 0 aromatic rings. The van der Waals surface area contributed by atoms with Crippen molar-refractivity contribution < 1.29 is 4.79 Å². The molecule has 0 radical (unpaired) electrons. The van der Waals surface area contributed by atoms with E-state index in [1.54, 1.807) is 0 Å². The lowest BCUT2D eigenvalue weighted by atomic mass is 9.68. The summed E-state index contributed by atoms with van der Waals surface area (Å²) >= 11 is 0. The molecule has 1 saturated carbocycles. The van der Waals surface area contributed by atoms with Gasteiger partial charge in [0.2, 0.25) is 5.91 Å². The van der Waals surface area contributed by atoms with Gasteiger partial charge >= 0.3 is 0 Å². The fraction of sp³-hybridized carbons (Fsp3) is 0.933. The van der Waals surface area contributed by atoms with Crippen LogP contribution in [0, 0.1) is 5.41 Å². The van der Waals surface area contributed by atoms with Crippen LogP contribution in [0.4, 0.5) is 0 Å². The summed E-state index contributed by atoms with van der Waals surface area (Å²) in [5.74, 6) is 0.188. The molecule has 0 bridgehead atoms. The first-order valence-electron chi connectivity index (χ1n) is 7.90. The average Bonchev–Trinajstić information content (AvgIpc) is 2.36. The summed E-state index contributed by atoms with van der Waals surface area (Å²) in [6, 6.07) is 0.714. The number of likely N-dealkylation sites (tertiary alicyclic amines) is 1. The number of piperidine rings is 1. The zero-order valence-corrected chi connectivity index (χ0v) is 12.3. The van der Waals surface area contributed by atoms with Crippen LogP contribution in [-0.2, 0) is 4.79 Å². The van der Waals surface area contributed by atoms with Crippen molar-refractivity contribution >= 4 is 5.91 Å². The van der Waals surface area contributed by atoms with Gasteiger partial charge in [0.15, 0.2) is 0 Å². The Morgan fingerprint density at radius 3 is 2.74 bits per heavy atom. The van der Waals surface area contributed by atoms with Crippen molar-refractivity contribution in [2.24, 2.45) is 11.1 Å². The molecule has 1 atom stereocenters. The van der Waals surface area contributed by atoms with Crippen LogP contribution < -0.4 is 11.1 Å². The Balaban J connectivity index is 1.62. The summed E-state index contributed by atoms with van der Waals surface area (Å²) in [4.78, 5) is 14.6. The molecule has 19 heavy (non-hydrogen) atoms. The Morgan fingerprint density at radius 1 is 1.37 bits per heavy atom. The number of carbonyl (C=O) groups excluding carboxylic acids is 1. The van der Waals surface area contributed by atoms with Gasteiger partial charge in [-0.25, -0.2) is 0 Å². The van der Waals surface area contributed by atoms with E-state index < -0.39 is 0 Å². The van der Waals surface area contributed by atoms with E-state index in [-0.39, 0.29) is 11.3 Å². The molecular weight excluding hydrogens is 238 g/mol. The minimum Gasteiger partial charge on any atom is -0.356 e. The Labute approximate surface area is 117 Å². The van der Waals surface area contributed by atoms with Gasteiger partial charge in [0.05, 0.1) is 5.41 Å². The molecule has 3 N–H and O–H groups in total. The molecule has 0 spiro atoms. The van der Waals surface area contributed by atoms with Crippen molar-refractivity contribution in [1.29, 1.82) is 0 Å². The first-order valence-corrected chi connectivity index (χ1v) is 7.90. The standard InChI is InChI=1S/C15H29N3O/c1-13-6-2-3-10-18(13)11-5-9-17-14(19)15(12-16)7-4-8-15/h13H,2-12,16H2,1H3,(H,17,19). The monoisotopic (exact) mass is 267 g/mol. The summed E-state index contributed by atoms with van der Waals surface area (Å²) in [6.07, 6.45) is 8.16. The summed E-state index contributed by atoms with van der Waals surface area (Å²) in [5, 5.41) is 3.09. The second-order valence-corrected chi connectivity index (χ2v) is 6.33. The molecule has 1 heterocycles. The second-order valence-electron chi connectivity index (χ2n) is 6.33. The SMILES string of the molecule is CC1CCCCN1CCCNC(=O)C1(CN)CCC1. The molecule has 110 valence electrons. The fourth-order valence-corrected chi connectivity index (χ4v) is 3.29. The third-order valence-corrected chi connectivity index (χ3v) is 5.03. The van der Waals surface area contributed by atoms with Gasteiger partial charge in [0, 0.05) is 25.7 Å². The molecule has 1 aliphatic heterocycles. The van der Waals surface area contributed by atoms with E-state index in [9.17, 15) is 4.79 Å².